The van der Waals surface area contributed by atoms with Crippen LogP contribution in [-0.2, 0) is 13.0 Å². The van der Waals surface area contributed by atoms with Crippen molar-refractivity contribution < 1.29 is 13.2 Å². The number of hydrogen-bond acceptors (Lipinski definition) is 1. The smallest absolute Gasteiger partial charge is 0.161 e. The molecule has 0 aliphatic carbocycles. The Balaban J connectivity index is 2.17. The van der Waals surface area contributed by atoms with E-state index in [1.807, 2.05) is 31.2 Å². The fourth-order valence-corrected chi connectivity index (χ4v) is 1.92. The van der Waals surface area contributed by atoms with Crippen molar-refractivity contribution in [1.29, 1.82) is 0 Å². The molecule has 19 heavy (non-hydrogen) atoms. The van der Waals surface area contributed by atoms with E-state index in [9.17, 15) is 13.2 Å². The van der Waals surface area contributed by atoms with Gasteiger partial charge >= 0.3 is 0 Å². The van der Waals surface area contributed by atoms with Crippen molar-refractivity contribution in [3.05, 3.63) is 65.0 Å². The first kappa shape index (κ1) is 13.5. The van der Waals surface area contributed by atoms with Gasteiger partial charge in [0.05, 0.1) is 5.69 Å². The lowest BCUT2D eigenvalue weighted by atomic mass is 10.1. The number of nitrogens with one attached hydrogen (secondary N) is 1. The Labute approximate surface area is 110 Å². The summed E-state index contributed by atoms with van der Waals surface area (Å²) in [4.78, 5) is 0. The summed E-state index contributed by atoms with van der Waals surface area (Å²) < 4.78 is 39.3. The molecule has 0 saturated carbocycles. The van der Waals surface area contributed by atoms with Gasteiger partial charge in [0, 0.05) is 18.7 Å². The van der Waals surface area contributed by atoms with E-state index < -0.39 is 17.5 Å². The van der Waals surface area contributed by atoms with Crippen LogP contribution in [0.5, 0.6) is 0 Å². The number of anilines is 1. The molecule has 0 spiro atoms. The molecule has 0 saturated heterocycles. The van der Waals surface area contributed by atoms with Crippen LogP contribution < -0.4 is 5.32 Å². The van der Waals surface area contributed by atoms with Crippen LogP contribution in [0.3, 0.4) is 0 Å². The van der Waals surface area contributed by atoms with E-state index in [2.05, 4.69) is 5.32 Å². The summed E-state index contributed by atoms with van der Waals surface area (Å²) in [6.07, 6.45) is 0.859. The Morgan fingerprint density at radius 2 is 1.53 bits per heavy atom. The molecular weight excluding hydrogens is 251 g/mol. The normalized spacial score (nSPS) is 10.5. The van der Waals surface area contributed by atoms with Gasteiger partial charge in [0.25, 0.3) is 0 Å². The van der Waals surface area contributed by atoms with E-state index >= 15 is 0 Å². The van der Waals surface area contributed by atoms with Gasteiger partial charge in [-0.2, -0.15) is 0 Å². The van der Waals surface area contributed by atoms with Crippen LogP contribution >= 0.6 is 0 Å². The van der Waals surface area contributed by atoms with E-state index in [0.717, 1.165) is 23.6 Å². The van der Waals surface area contributed by atoms with Crippen molar-refractivity contribution in [3.8, 4) is 0 Å². The minimum Gasteiger partial charge on any atom is -0.379 e. The Bertz CT molecular complexity index is 582. The summed E-state index contributed by atoms with van der Waals surface area (Å²) in [6.45, 7) is 2.39. The second kappa shape index (κ2) is 5.78. The summed E-state index contributed by atoms with van der Waals surface area (Å²) in [5.74, 6) is -3.04. The van der Waals surface area contributed by atoms with E-state index in [0.29, 0.717) is 12.6 Å². The van der Waals surface area contributed by atoms with Gasteiger partial charge in [-0.1, -0.05) is 31.2 Å². The SMILES string of the molecule is CCc1ccccc1CNc1cc(F)c(F)cc1F. The summed E-state index contributed by atoms with van der Waals surface area (Å²) >= 11 is 0. The maximum absolute atomic E-state index is 13.4. The molecule has 100 valence electrons. The summed E-state index contributed by atoms with van der Waals surface area (Å²) in [5.41, 5.74) is 2.11. The van der Waals surface area contributed by atoms with Gasteiger partial charge in [0.1, 0.15) is 5.82 Å². The third-order valence-electron chi connectivity index (χ3n) is 2.98. The van der Waals surface area contributed by atoms with Gasteiger partial charge in [-0.25, -0.2) is 13.2 Å². The molecule has 0 aliphatic heterocycles. The Kier molecular flexibility index (Phi) is 4.10. The molecular formula is C15H14F3N. The number of rotatable bonds is 4. The minimum absolute atomic E-state index is 0.0372. The molecule has 0 fully saturated rings. The highest BCUT2D eigenvalue weighted by molar-refractivity contribution is 5.46. The van der Waals surface area contributed by atoms with Gasteiger partial charge in [-0.15, -0.1) is 0 Å². The molecule has 0 amide bonds. The molecule has 2 aromatic carbocycles. The van der Waals surface area contributed by atoms with Crippen LogP contribution in [0.25, 0.3) is 0 Å². The Morgan fingerprint density at radius 1 is 0.895 bits per heavy atom. The number of halogens is 3. The molecule has 0 aromatic heterocycles. The average molecular weight is 265 g/mol. The molecule has 0 radical (unpaired) electrons. The number of hydrogen-bond donors (Lipinski definition) is 1. The van der Waals surface area contributed by atoms with E-state index in [-0.39, 0.29) is 5.69 Å². The zero-order chi connectivity index (χ0) is 13.8. The van der Waals surface area contributed by atoms with Crippen molar-refractivity contribution in [2.75, 3.05) is 5.32 Å². The molecule has 0 bridgehead atoms. The minimum atomic E-state index is -1.18. The van der Waals surface area contributed by atoms with Crippen LogP contribution in [0.15, 0.2) is 36.4 Å². The first-order valence-electron chi connectivity index (χ1n) is 6.07. The highest BCUT2D eigenvalue weighted by Gasteiger charge is 2.09. The molecule has 0 heterocycles. The van der Waals surface area contributed by atoms with Crippen molar-refractivity contribution in [3.63, 3.8) is 0 Å². The monoisotopic (exact) mass is 265 g/mol. The van der Waals surface area contributed by atoms with Gasteiger partial charge < -0.3 is 5.32 Å². The predicted octanol–water partition coefficient (Wildman–Crippen LogP) is 4.28. The van der Waals surface area contributed by atoms with Crippen LogP contribution in [0.1, 0.15) is 18.1 Å². The molecule has 2 rings (SSSR count). The third-order valence-corrected chi connectivity index (χ3v) is 2.98. The second-order valence-electron chi connectivity index (χ2n) is 4.22. The highest BCUT2D eigenvalue weighted by atomic mass is 19.2. The summed E-state index contributed by atoms with van der Waals surface area (Å²) in [7, 11) is 0. The second-order valence-corrected chi connectivity index (χ2v) is 4.22. The number of aryl methyl sites for hydroxylation is 1. The lowest BCUT2D eigenvalue weighted by Gasteiger charge is -2.11. The Hall–Kier alpha value is -1.97. The zero-order valence-electron chi connectivity index (χ0n) is 10.5. The summed E-state index contributed by atoms with van der Waals surface area (Å²) in [5, 5.41) is 2.79. The third kappa shape index (κ3) is 3.08. The van der Waals surface area contributed by atoms with Crippen molar-refractivity contribution >= 4 is 5.69 Å². The molecule has 0 unspecified atom stereocenters. The zero-order valence-corrected chi connectivity index (χ0v) is 10.5. The molecule has 0 atom stereocenters. The predicted molar refractivity (Wildman–Crippen MR) is 69.5 cm³/mol. The van der Waals surface area contributed by atoms with E-state index in [1.54, 1.807) is 0 Å². The van der Waals surface area contributed by atoms with Crippen molar-refractivity contribution in [2.45, 2.75) is 19.9 Å². The average Bonchev–Trinajstić information content (AvgIpc) is 2.41. The van der Waals surface area contributed by atoms with Crippen LogP contribution in [0, 0.1) is 17.5 Å². The molecule has 1 nitrogen and oxygen atoms in total. The van der Waals surface area contributed by atoms with E-state index in [1.165, 1.54) is 0 Å². The number of benzene rings is 2. The largest absolute Gasteiger partial charge is 0.379 e. The maximum atomic E-state index is 13.4. The van der Waals surface area contributed by atoms with Gasteiger partial charge in [-0.3, -0.25) is 0 Å². The fourth-order valence-electron chi connectivity index (χ4n) is 1.92. The van der Waals surface area contributed by atoms with Gasteiger partial charge in [0.2, 0.25) is 0 Å². The first-order valence-corrected chi connectivity index (χ1v) is 6.07. The lowest BCUT2D eigenvalue weighted by Crippen LogP contribution is -2.05. The highest BCUT2D eigenvalue weighted by Crippen LogP contribution is 2.20. The standard InChI is InChI=1S/C15H14F3N/c1-2-10-5-3-4-6-11(10)9-19-15-8-13(17)12(16)7-14(15)18/h3-8,19H,2,9H2,1H3. The molecule has 2 aromatic rings. The fraction of sp³-hybridized carbons (Fsp3) is 0.200. The Morgan fingerprint density at radius 3 is 2.21 bits per heavy atom. The lowest BCUT2D eigenvalue weighted by molar-refractivity contribution is 0.496. The van der Waals surface area contributed by atoms with E-state index in [4.69, 9.17) is 0 Å². The van der Waals surface area contributed by atoms with Gasteiger partial charge in [-0.05, 0) is 17.5 Å². The molecule has 4 heteroatoms. The topological polar surface area (TPSA) is 12.0 Å². The van der Waals surface area contributed by atoms with Crippen molar-refractivity contribution in [2.24, 2.45) is 0 Å². The van der Waals surface area contributed by atoms with Crippen LogP contribution in [0.2, 0.25) is 0 Å². The molecule has 1 N–H and O–H groups in total. The van der Waals surface area contributed by atoms with Gasteiger partial charge in [0.15, 0.2) is 11.6 Å². The van der Waals surface area contributed by atoms with Crippen LogP contribution in [-0.4, -0.2) is 0 Å². The molecule has 0 aliphatic rings. The van der Waals surface area contributed by atoms with Crippen LogP contribution in [0.4, 0.5) is 18.9 Å². The first-order chi connectivity index (χ1) is 9.11. The maximum Gasteiger partial charge on any atom is 0.161 e. The van der Waals surface area contributed by atoms with Crippen molar-refractivity contribution in [1.82, 2.24) is 0 Å². The quantitative estimate of drug-likeness (QED) is 0.814. The summed E-state index contributed by atoms with van der Waals surface area (Å²) in [6, 6.07) is 9.10.